The van der Waals surface area contributed by atoms with E-state index in [0.717, 1.165) is 23.8 Å². The summed E-state index contributed by atoms with van der Waals surface area (Å²) in [6.07, 6.45) is 10.9. The molecule has 102 valence electrons. The molecule has 0 amide bonds. The molecule has 1 N–H and O–H groups in total. The molecule has 4 heteroatoms. The van der Waals surface area contributed by atoms with Crippen molar-refractivity contribution in [1.29, 1.82) is 0 Å². The first-order valence-corrected chi connectivity index (χ1v) is 8.45. The number of rotatable bonds is 6. The minimum atomic E-state index is 0.530. The van der Waals surface area contributed by atoms with Crippen molar-refractivity contribution in [2.24, 2.45) is 0 Å². The van der Waals surface area contributed by atoms with Crippen molar-refractivity contribution >= 4 is 17.7 Å². The van der Waals surface area contributed by atoms with Gasteiger partial charge in [0.05, 0.1) is 5.69 Å². The van der Waals surface area contributed by atoms with Crippen molar-refractivity contribution < 1.29 is 0 Å². The number of nitrogens with zero attached hydrogens (tertiary/aromatic N) is 2. The van der Waals surface area contributed by atoms with Gasteiger partial charge in [0.1, 0.15) is 0 Å². The quantitative estimate of drug-likeness (QED) is 0.849. The van der Waals surface area contributed by atoms with Crippen molar-refractivity contribution in [3.05, 3.63) is 11.9 Å². The van der Waals surface area contributed by atoms with E-state index in [2.05, 4.69) is 41.2 Å². The zero-order valence-electron chi connectivity index (χ0n) is 11.8. The van der Waals surface area contributed by atoms with E-state index in [1.807, 2.05) is 11.8 Å². The van der Waals surface area contributed by atoms with Gasteiger partial charge in [0, 0.05) is 24.0 Å². The van der Waals surface area contributed by atoms with Crippen LogP contribution in [0, 0.1) is 6.92 Å². The summed E-state index contributed by atoms with van der Waals surface area (Å²) in [6.45, 7) is 4.33. The van der Waals surface area contributed by atoms with Gasteiger partial charge in [-0.3, -0.25) is 0 Å². The third-order valence-electron chi connectivity index (χ3n) is 3.76. The number of hydrogen-bond donors (Lipinski definition) is 1. The largest absolute Gasteiger partial charge is 0.352 e. The molecule has 1 aliphatic carbocycles. The van der Waals surface area contributed by atoms with Gasteiger partial charge in [0.15, 0.2) is 0 Å². The lowest BCUT2D eigenvalue weighted by Gasteiger charge is -2.20. The standard InChI is InChI=1S/C14H25N3S/c1-4-12(10-18-3)16-14-15-11(2)9-17(14)13-7-5-6-8-13/h9,12-13H,4-8,10H2,1-3H3,(H,15,16). The molecular weight excluding hydrogens is 242 g/mol. The van der Waals surface area contributed by atoms with Gasteiger partial charge in [-0.2, -0.15) is 11.8 Å². The Kier molecular flexibility index (Phi) is 4.98. The highest BCUT2D eigenvalue weighted by molar-refractivity contribution is 7.98. The fourth-order valence-corrected chi connectivity index (χ4v) is 3.45. The summed E-state index contributed by atoms with van der Waals surface area (Å²) in [7, 11) is 0. The summed E-state index contributed by atoms with van der Waals surface area (Å²) >= 11 is 1.90. The minimum Gasteiger partial charge on any atom is -0.352 e. The lowest BCUT2D eigenvalue weighted by molar-refractivity contribution is 0.520. The van der Waals surface area contributed by atoms with Crippen LogP contribution in [0.25, 0.3) is 0 Å². The van der Waals surface area contributed by atoms with E-state index in [1.54, 1.807) is 0 Å². The van der Waals surface area contributed by atoms with Crippen molar-refractivity contribution in [1.82, 2.24) is 9.55 Å². The zero-order valence-corrected chi connectivity index (χ0v) is 12.6. The van der Waals surface area contributed by atoms with Gasteiger partial charge in [-0.25, -0.2) is 4.98 Å². The Bertz CT molecular complexity index is 369. The lowest BCUT2D eigenvalue weighted by atomic mass is 10.2. The molecule has 0 aliphatic heterocycles. The topological polar surface area (TPSA) is 29.9 Å². The van der Waals surface area contributed by atoms with Gasteiger partial charge < -0.3 is 9.88 Å². The SMILES string of the molecule is CCC(CSC)Nc1nc(C)cn1C1CCCC1. The molecule has 1 unspecified atom stereocenters. The Hall–Kier alpha value is -0.640. The minimum absolute atomic E-state index is 0.530. The molecule has 1 heterocycles. The van der Waals surface area contributed by atoms with Gasteiger partial charge in [-0.05, 0) is 32.4 Å². The van der Waals surface area contributed by atoms with Crippen LogP contribution in [0.4, 0.5) is 5.95 Å². The molecule has 2 rings (SSSR count). The summed E-state index contributed by atoms with van der Waals surface area (Å²) in [5.74, 6) is 2.23. The van der Waals surface area contributed by atoms with E-state index in [9.17, 15) is 0 Å². The molecule has 1 aromatic heterocycles. The van der Waals surface area contributed by atoms with Crippen LogP contribution in [0.5, 0.6) is 0 Å². The maximum absolute atomic E-state index is 4.67. The van der Waals surface area contributed by atoms with Crippen LogP contribution in [-0.4, -0.2) is 27.6 Å². The number of anilines is 1. The van der Waals surface area contributed by atoms with Crippen LogP contribution in [0.1, 0.15) is 50.8 Å². The monoisotopic (exact) mass is 267 g/mol. The molecule has 1 aliphatic rings. The average molecular weight is 267 g/mol. The Balaban J connectivity index is 2.10. The Morgan fingerprint density at radius 1 is 1.50 bits per heavy atom. The van der Waals surface area contributed by atoms with E-state index in [-0.39, 0.29) is 0 Å². The highest BCUT2D eigenvalue weighted by Crippen LogP contribution is 2.32. The van der Waals surface area contributed by atoms with Crippen molar-refractivity contribution in [3.8, 4) is 0 Å². The molecular formula is C14H25N3S. The fraction of sp³-hybridized carbons (Fsp3) is 0.786. The first kappa shape index (κ1) is 13.8. The number of aryl methyl sites for hydroxylation is 1. The summed E-state index contributed by atoms with van der Waals surface area (Å²) in [5.41, 5.74) is 1.13. The molecule has 1 fully saturated rings. The molecule has 1 aromatic rings. The number of thioether (sulfide) groups is 1. The lowest BCUT2D eigenvalue weighted by Crippen LogP contribution is -2.24. The molecule has 0 spiro atoms. The van der Waals surface area contributed by atoms with E-state index < -0.39 is 0 Å². The normalized spacial score (nSPS) is 18.2. The van der Waals surface area contributed by atoms with Crippen molar-refractivity contribution in [3.63, 3.8) is 0 Å². The first-order valence-electron chi connectivity index (χ1n) is 7.05. The summed E-state index contributed by atoms with van der Waals surface area (Å²) < 4.78 is 2.38. The summed E-state index contributed by atoms with van der Waals surface area (Å²) in [6, 6.07) is 1.20. The van der Waals surface area contributed by atoms with E-state index in [0.29, 0.717) is 12.1 Å². The van der Waals surface area contributed by atoms with Crippen LogP contribution in [0.15, 0.2) is 6.20 Å². The Morgan fingerprint density at radius 3 is 2.83 bits per heavy atom. The van der Waals surface area contributed by atoms with Crippen LogP contribution >= 0.6 is 11.8 Å². The maximum atomic E-state index is 4.67. The predicted octanol–water partition coefficient (Wildman–Crippen LogP) is 3.86. The van der Waals surface area contributed by atoms with E-state index >= 15 is 0 Å². The van der Waals surface area contributed by atoms with Gasteiger partial charge in [-0.15, -0.1) is 0 Å². The first-order chi connectivity index (χ1) is 8.74. The van der Waals surface area contributed by atoms with Gasteiger partial charge in [0.25, 0.3) is 0 Å². The number of nitrogens with one attached hydrogen (secondary N) is 1. The Labute approximate surface area is 115 Å². The maximum Gasteiger partial charge on any atom is 0.203 e. The smallest absolute Gasteiger partial charge is 0.203 e. The molecule has 0 saturated heterocycles. The van der Waals surface area contributed by atoms with Gasteiger partial charge in [-0.1, -0.05) is 19.8 Å². The van der Waals surface area contributed by atoms with Crippen LogP contribution < -0.4 is 5.32 Å². The molecule has 3 nitrogen and oxygen atoms in total. The van der Waals surface area contributed by atoms with Crippen molar-refractivity contribution in [2.45, 2.75) is 58.0 Å². The fourth-order valence-electron chi connectivity index (χ4n) is 2.73. The van der Waals surface area contributed by atoms with Gasteiger partial charge >= 0.3 is 0 Å². The summed E-state index contributed by atoms with van der Waals surface area (Å²) in [5, 5.41) is 3.63. The third kappa shape index (κ3) is 3.22. The second kappa shape index (κ2) is 6.50. The second-order valence-corrected chi connectivity index (χ2v) is 6.17. The number of aromatic nitrogens is 2. The Morgan fingerprint density at radius 2 is 2.22 bits per heavy atom. The average Bonchev–Trinajstić information content (AvgIpc) is 2.97. The van der Waals surface area contributed by atoms with Crippen LogP contribution in [0.2, 0.25) is 0 Å². The predicted molar refractivity (Wildman–Crippen MR) is 80.6 cm³/mol. The van der Waals surface area contributed by atoms with E-state index in [4.69, 9.17) is 0 Å². The highest BCUT2D eigenvalue weighted by atomic mass is 32.2. The van der Waals surface area contributed by atoms with Crippen molar-refractivity contribution in [2.75, 3.05) is 17.3 Å². The molecule has 0 radical (unpaired) electrons. The van der Waals surface area contributed by atoms with Crippen LogP contribution in [-0.2, 0) is 0 Å². The van der Waals surface area contributed by atoms with E-state index in [1.165, 1.54) is 25.7 Å². The number of hydrogen-bond acceptors (Lipinski definition) is 3. The molecule has 18 heavy (non-hydrogen) atoms. The number of imidazole rings is 1. The highest BCUT2D eigenvalue weighted by Gasteiger charge is 2.21. The molecule has 0 aromatic carbocycles. The second-order valence-electron chi connectivity index (χ2n) is 5.26. The molecule has 1 saturated carbocycles. The third-order valence-corrected chi connectivity index (χ3v) is 4.50. The van der Waals surface area contributed by atoms with Crippen LogP contribution in [0.3, 0.4) is 0 Å². The molecule has 0 bridgehead atoms. The summed E-state index contributed by atoms with van der Waals surface area (Å²) in [4.78, 5) is 4.67. The zero-order chi connectivity index (χ0) is 13.0. The van der Waals surface area contributed by atoms with Gasteiger partial charge in [0.2, 0.25) is 5.95 Å². The molecule has 1 atom stereocenters.